The molecule has 2 aliphatic rings. The van der Waals surface area contributed by atoms with Crippen molar-refractivity contribution in [2.24, 2.45) is 11.8 Å². The lowest BCUT2D eigenvalue weighted by atomic mass is 9.64. The van der Waals surface area contributed by atoms with Gasteiger partial charge in [0.15, 0.2) is 0 Å². The molecular formula is C16H32N2. The average molecular weight is 252 g/mol. The van der Waals surface area contributed by atoms with Gasteiger partial charge in [-0.3, -0.25) is 0 Å². The lowest BCUT2D eigenvalue weighted by Gasteiger charge is -2.54. The summed E-state index contributed by atoms with van der Waals surface area (Å²) in [6, 6.07) is 0.717. The summed E-state index contributed by atoms with van der Waals surface area (Å²) in [5.41, 5.74) is 0.415. The Morgan fingerprint density at radius 3 is 2.39 bits per heavy atom. The van der Waals surface area contributed by atoms with Gasteiger partial charge in [0.1, 0.15) is 0 Å². The van der Waals surface area contributed by atoms with Crippen LogP contribution in [0.5, 0.6) is 0 Å². The van der Waals surface area contributed by atoms with Crippen LogP contribution in [0.3, 0.4) is 0 Å². The van der Waals surface area contributed by atoms with Crippen LogP contribution in [0.1, 0.15) is 58.8 Å². The molecule has 2 fully saturated rings. The van der Waals surface area contributed by atoms with Crippen LogP contribution in [0.15, 0.2) is 0 Å². The number of nitrogens with zero attached hydrogens (tertiary/aromatic N) is 1. The molecule has 0 aromatic rings. The molecule has 1 N–H and O–H groups in total. The summed E-state index contributed by atoms with van der Waals surface area (Å²) < 4.78 is 0. The molecule has 0 amide bonds. The fourth-order valence-corrected chi connectivity index (χ4v) is 4.32. The van der Waals surface area contributed by atoms with Crippen LogP contribution in [-0.4, -0.2) is 37.1 Å². The molecule has 0 bridgehead atoms. The fourth-order valence-electron chi connectivity index (χ4n) is 4.32. The van der Waals surface area contributed by atoms with Gasteiger partial charge < -0.3 is 10.2 Å². The van der Waals surface area contributed by atoms with Crippen molar-refractivity contribution in [1.29, 1.82) is 0 Å². The molecule has 0 aliphatic heterocycles. The van der Waals surface area contributed by atoms with Crippen molar-refractivity contribution in [3.05, 3.63) is 0 Å². The van der Waals surface area contributed by atoms with Crippen LogP contribution in [0.4, 0.5) is 0 Å². The summed E-state index contributed by atoms with van der Waals surface area (Å²) in [6.45, 7) is 5.83. The van der Waals surface area contributed by atoms with E-state index in [1.165, 1.54) is 44.9 Å². The SMILES string of the molecule is CCNC(C1CCC1)C1(N(C)C)CCCC(C)C1. The first kappa shape index (κ1) is 14.3. The third kappa shape index (κ3) is 2.60. The lowest BCUT2D eigenvalue weighted by molar-refractivity contribution is 0.0000157. The highest BCUT2D eigenvalue weighted by molar-refractivity contribution is 5.05. The van der Waals surface area contributed by atoms with Crippen LogP contribution >= 0.6 is 0 Å². The lowest BCUT2D eigenvalue weighted by Crippen LogP contribution is -2.64. The van der Waals surface area contributed by atoms with Gasteiger partial charge >= 0.3 is 0 Å². The van der Waals surface area contributed by atoms with Gasteiger partial charge in [0.05, 0.1) is 0 Å². The van der Waals surface area contributed by atoms with Gasteiger partial charge in [0.25, 0.3) is 0 Å². The smallest absolute Gasteiger partial charge is 0.0361 e. The van der Waals surface area contributed by atoms with Gasteiger partial charge in [-0.1, -0.05) is 33.1 Å². The summed E-state index contributed by atoms with van der Waals surface area (Å²) in [5, 5.41) is 3.86. The minimum Gasteiger partial charge on any atom is -0.312 e. The van der Waals surface area contributed by atoms with Crippen LogP contribution < -0.4 is 5.32 Å². The number of hydrogen-bond donors (Lipinski definition) is 1. The maximum atomic E-state index is 3.86. The van der Waals surface area contributed by atoms with E-state index in [-0.39, 0.29) is 0 Å². The molecular weight excluding hydrogens is 220 g/mol. The number of rotatable bonds is 5. The normalized spacial score (nSPS) is 35.5. The Hall–Kier alpha value is -0.0800. The van der Waals surface area contributed by atoms with Gasteiger partial charge in [-0.25, -0.2) is 0 Å². The third-order valence-electron chi connectivity index (χ3n) is 5.52. The predicted octanol–water partition coefficient (Wildman–Crippen LogP) is 3.28. The van der Waals surface area contributed by atoms with Crippen molar-refractivity contribution in [3.8, 4) is 0 Å². The largest absolute Gasteiger partial charge is 0.312 e. The first-order valence-electron chi connectivity index (χ1n) is 8.01. The minimum absolute atomic E-state index is 0.415. The summed E-state index contributed by atoms with van der Waals surface area (Å²) >= 11 is 0. The molecule has 2 rings (SSSR count). The fraction of sp³-hybridized carbons (Fsp3) is 1.00. The Morgan fingerprint density at radius 2 is 1.94 bits per heavy atom. The van der Waals surface area contributed by atoms with Gasteiger partial charge in [0.2, 0.25) is 0 Å². The zero-order valence-electron chi connectivity index (χ0n) is 12.8. The molecule has 2 aliphatic carbocycles. The minimum atomic E-state index is 0.415. The maximum Gasteiger partial charge on any atom is 0.0361 e. The topological polar surface area (TPSA) is 15.3 Å². The Bertz CT molecular complexity index is 260. The average Bonchev–Trinajstić information content (AvgIpc) is 2.25. The molecule has 0 aromatic heterocycles. The third-order valence-corrected chi connectivity index (χ3v) is 5.52. The summed E-state index contributed by atoms with van der Waals surface area (Å²) in [5.74, 6) is 1.82. The van der Waals surface area contributed by atoms with Crippen LogP contribution in [0.25, 0.3) is 0 Å². The highest BCUT2D eigenvalue weighted by atomic mass is 15.2. The Morgan fingerprint density at radius 1 is 1.22 bits per heavy atom. The van der Waals surface area contributed by atoms with Gasteiger partial charge in [-0.2, -0.15) is 0 Å². The number of likely N-dealkylation sites (N-methyl/N-ethyl adjacent to an activating group) is 2. The first-order valence-corrected chi connectivity index (χ1v) is 8.01. The molecule has 3 unspecified atom stereocenters. The second kappa shape index (κ2) is 5.92. The molecule has 18 heavy (non-hydrogen) atoms. The number of hydrogen-bond acceptors (Lipinski definition) is 2. The van der Waals surface area contributed by atoms with Crippen molar-refractivity contribution in [2.45, 2.75) is 70.4 Å². The second-order valence-electron chi connectivity index (χ2n) is 6.93. The molecule has 2 saturated carbocycles. The molecule has 106 valence electrons. The van der Waals surface area contributed by atoms with E-state index >= 15 is 0 Å². The second-order valence-corrected chi connectivity index (χ2v) is 6.93. The molecule has 0 aromatic carbocycles. The van der Waals surface area contributed by atoms with Gasteiger partial charge in [-0.05, 0) is 58.2 Å². The highest BCUT2D eigenvalue weighted by Crippen LogP contribution is 2.44. The van der Waals surface area contributed by atoms with Crippen molar-refractivity contribution in [3.63, 3.8) is 0 Å². The monoisotopic (exact) mass is 252 g/mol. The molecule has 0 spiro atoms. The Balaban J connectivity index is 2.19. The van der Waals surface area contributed by atoms with Crippen molar-refractivity contribution in [1.82, 2.24) is 10.2 Å². The zero-order valence-corrected chi connectivity index (χ0v) is 12.8. The van der Waals surface area contributed by atoms with E-state index in [1.54, 1.807) is 0 Å². The molecule has 0 heterocycles. The van der Waals surface area contributed by atoms with Crippen molar-refractivity contribution >= 4 is 0 Å². The van der Waals surface area contributed by atoms with E-state index in [9.17, 15) is 0 Å². The Labute approximate surface area is 114 Å². The predicted molar refractivity (Wildman–Crippen MR) is 78.9 cm³/mol. The van der Waals surface area contributed by atoms with Crippen LogP contribution in [0, 0.1) is 11.8 Å². The van der Waals surface area contributed by atoms with Crippen LogP contribution in [-0.2, 0) is 0 Å². The van der Waals surface area contributed by atoms with Crippen molar-refractivity contribution < 1.29 is 0 Å². The highest BCUT2D eigenvalue weighted by Gasteiger charge is 2.47. The molecule has 0 saturated heterocycles. The van der Waals surface area contributed by atoms with E-state index in [2.05, 4.69) is 38.2 Å². The number of nitrogens with one attached hydrogen (secondary N) is 1. The van der Waals surface area contributed by atoms with Crippen molar-refractivity contribution in [2.75, 3.05) is 20.6 Å². The zero-order chi connectivity index (χ0) is 13.2. The summed E-state index contributed by atoms with van der Waals surface area (Å²) in [4.78, 5) is 2.55. The van der Waals surface area contributed by atoms with Crippen LogP contribution in [0.2, 0.25) is 0 Å². The molecule has 0 radical (unpaired) electrons. The standard InChI is InChI=1S/C16H32N2/c1-5-17-15(14-9-6-10-14)16(18(3)4)11-7-8-13(2)12-16/h13-15,17H,5-12H2,1-4H3. The van der Waals surface area contributed by atoms with Gasteiger partial charge in [0, 0.05) is 11.6 Å². The maximum absolute atomic E-state index is 3.86. The van der Waals surface area contributed by atoms with Gasteiger partial charge in [-0.15, -0.1) is 0 Å². The first-order chi connectivity index (χ1) is 8.60. The molecule has 3 atom stereocenters. The summed E-state index contributed by atoms with van der Waals surface area (Å²) in [7, 11) is 4.61. The van der Waals surface area contributed by atoms with E-state index in [4.69, 9.17) is 0 Å². The van der Waals surface area contributed by atoms with E-state index in [1.807, 2.05) is 0 Å². The summed E-state index contributed by atoms with van der Waals surface area (Å²) in [6.07, 6.45) is 9.95. The quantitative estimate of drug-likeness (QED) is 0.808. The Kier molecular flexibility index (Phi) is 4.71. The van der Waals surface area contributed by atoms with E-state index in [0.29, 0.717) is 11.6 Å². The molecule has 2 nitrogen and oxygen atoms in total. The van der Waals surface area contributed by atoms with E-state index < -0.39 is 0 Å². The molecule has 2 heteroatoms. The van der Waals surface area contributed by atoms with E-state index in [0.717, 1.165) is 18.4 Å².